The van der Waals surface area contributed by atoms with Gasteiger partial charge in [0.1, 0.15) is 11.3 Å². The minimum atomic E-state index is -0.686. The molecule has 1 aromatic carbocycles. The van der Waals surface area contributed by atoms with Crippen LogP contribution in [-0.4, -0.2) is 65.0 Å². The van der Waals surface area contributed by atoms with Crippen molar-refractivity contribution in [1.29, 1.82) is 0 Å². The molecule has 2 aliphatic rings. The van der Waals surface area contributed by atoms with Crippen LogP contribution in [0.2, 0.25) is 0 Å². The highest BCUT2D eigenvalue weighted by molar-refractivity contribution is 6.07. The molecule has 6 nitrogen and oxygen atoms in total. The van der Waals surface area contributed by atoms with Crippen molar-refractivity contribution in [2.75, 3.05) is 26.7 Å². The maximum absolute atomic E-state index is 13.7. The highest BCUT2D eigenvalue weighted by Crippen LogP contribution is 2.39. The molecule has 2 aliphatic heterocycles. The van der Waals surface area contributed by atoms with E-state index in [2.05, 4.69) is 32.6 Å². The molecule has 2 fully saturated rings. The number of benzene rings is 1. The molecule has 1 aromatic rings. The fourth-order valence-corrected chi connectivity index (χ4v) is 4.65. The van der Waals surface area contributed by atoms with Gasteiger partial charge in [-0.3, -0.25) is 9.69 Å². The number of likely N-dealkylation sites (tertiary alicyclic amines) is 1. The Bertz CT molecular complexity index is 756. The van der Waals surface area contributed by atoms with Crippen molar-refractivity contribution in [3.8, 4) is 5.75 Å². The van der Waals surface area contributed by atoms with E-state index in [1.165, 1.54) is 4.90 Å². The molecular weight excluding hydrogens is 378 g/mol. The van der Waals surface area contributed by atoms with Crippen molar-refractivity contribution < 1.29 is 14.3 Å². The van der Waals surface area contributed by atoms with Gasteiger partial charge in [-0.15, -0.1) is 0 Å². The van der Waals surface area contributed by atoms with Gasteiger partial charge in [-0.05, 0) is 56.2 Å². The number of rotatable bonds is 8. The Kier molecular flexibility index (Phi) is 7.06. The number of nitrogens with zero attached hydrogens (tertiary/aromatic N) is 3. The first kappa shape index (κ1) is 22.6. The van der Waals surface area contributed by atoms with Gasteiger partial charge < -0.3 is 14.5 Å². The van der Waals surface area contributed by atoms with Crippen LogP contribution in [0, 0.1) is 5.92 Å². The fourth-order valence-electron chi connectivity index (χ4n) is 4.65. The molecule has 6 heteroatoms. The average molecular weight is 416 g/mol. The highest BCUT2D eigenvalue weighted by Gasteiger charge is 2.57. The summed E-state index contributed by atoms with van der Waals surface area (Å²) < 4.78 is 5.31. The molecule has 2 saturated heterocycles. The minimum Gasteiger partial charge on any atom is -0.497 e. The predicted molar refractivity (Wildman–Crippen MR) is 118 cm³/mol. The van der Waals surface area contributed by atoms with Crippen LogP contribution in [0.1, 0.15) is 58.9 Å². The fraction of sp³-hybridized carbons (Fsp3) is 0.667. The van der Waals surface area contributed by atoms with E-state index in [-0.39, 0.29) is 11.9 Å². The van der Waals surface area contributed by atoms with Gasteiger partial charge in [0.2, 0.25) is 0 Å². The minimum absolute atomic E-state index is 0.0251. The molecule has 1 spiro atoms. The molecule has 2 heterocycles. The van der Waals surface area contributed by atoms with Crippen molar-refractivity contribution in [1.82, 2.24) is 14.7 Å². The van der Waals surface area contributed by atoms with E-state index >= 15 is 0 Å². The van der Waals surface area contributed by atoms with Gasteiger partial charge in [0.15, 0.2) is 0 Å². The lowest BCUT2D eigenvalue weighted by molar-refractivity contribution is -0.136. The lowest BCUT2D eigenvalue weighted by Gasteiger charge is -2.44. The van der Waals surface area contributed by atoms with Crippen LogP contribution in [0.15, 0.2) is 24.3 Å². The second kappa shape index (κ2) is 9.38. The van der Waals surface area contributed by atoms with E-state index in [1.54, 1.807) is 7.11 Å². The number of hydrogen-bond donors (Lipinski definition) is 0. The summed E-state index contributed by atoms with van der Waals surface area (Å²) in [5.74, 6) is 1.19. The van der Waals surface area contributed by atoms with Crippen LogP contribution in [-0.2, 0) is 11.3 Å². The van der Waals surface area contributed by atoms with Crippen LogP contribution < -0.4 is 4.74 Å². The standard InChI is InChI=1S/C24H37N3O3/c1-6-19(4)25-14-11-24(12-15-25)22(28)26(23(29)27(24)13-10-18(2)3)17-20-8-7-9-21(16-20)30-5/h7-9,16,18-19H,6,10-15,17H2,1-5H3. The normalized spacial score (nSPS) is 20.5. The molecule has 1 unspecified atom stereocenters. The van der Waals surface area contributed by atoms with E-state index in [0.29, 0.717) is 37.9 Å². The van der Waals surface area contributed by atoms with Gasteiger partial charge in [0.05, 0.1) is 13.7 Å². The van der Waals surface area contributed by atoms with E-state index < -0.39 is 5.54 Å². The highest BCUT2D eigenvalue weighted by atomic mass is 16.5. The first-order valence-electron chi connectivity index (χ1n) is 11.3. The number of carbonyl (C=O) groups excluding carboxylic acids is 2. The van der Waals surface area contributed by atoms with Crippen LogP contribution in [0.5, 0.6) is 5.75 Å². The Morgan fingerprint density at radius 2 is 1.83 bits per heavy atom. The Balaban J connectivity index is 1.84. The summed E-state index contributed by atoms with van der Waals surface area (Å²) in [6, 6.07) is 7.98. The van der Waals surface area contributed by atoms with Crippen molar-refractivity contribution in [3.63, 3.8) is 0 Å². The van der Waals surface area contributed by atoms with Gasteiger partial charge in [0.25, 0.3) is 5.91 Å². The van der Waals surface area contributed by atoms with Gasteiger partial charge in [-0.1, -0.05) is 32.9 Å². The topological polar surface area (TPSA) is 53.1 Å². The van der Waals surface area contributed by atoms with Crippen molar-refractivity contribution >= 4 is 11.9 Å². The number of urea groups is 1. The van der Waals surface area contributed by atoms with Gasteiger partial charge in [0, 0.05) is 25.7 Å². The molecule has 30 heavy (non-hydrogen) atoms. The number of methoxy groups -OCH3 is 1. The van der Waals surface area contributed by atoms with Gasteiger partial charge in [-0.2, -0.15) is 0 Å². The molecule has 0 bridgehead atoms. The van der Waals surface area contributed by atoms with Crippen LogP contribution in [0.25, 0.3) is 0 Å². The summed E-state index contributed by atoms with van der Waals surface area (Å²) in [4.78, 5) is 32.9. The third-order valence-electron chi connectivity index (χ3n) is 6.87. The van der Waals surface area contributed by atoms with Crippen molar-refractivity contribution in [2.24, 2.45) is 5.92 Å². The second-order valence-electron chi connectivity index (χ2n) is 9.18. The molecule has 3 rings (SSSR count). The summed E-state index contributed by atoms with van der Waals surface area (Å²) in [7, 11) is 1.62. The maximum Gasteiger partial charge on any atom is 0.327 e. The van der Waals surface area contributed by atoms with Gasteiger partial charge in [-0.25, -0.2) is 4.79 Å². The zero-order chi connectivity index (χ0) is 21.9. The molecule has 0 aliphatic carbocycles. The van der Waals surface area contributed by atoms with E-state index in [9.17, 15) is 9.59 Å². The lowest BCUT2D eigenvalue weighted by Crippen LogP contribution is -2.57. The molecular formula is C24H37N3O3. The number of hydrogen-bond acceptors (Lipinski definition) is 4. The summed E-state index contributed by atoms with van der Waals surface area (Å²) in [6.45, 7) is 11.4. The van der Waals surface area contributed by atoms with E-state index in [4.69, 9.17) is 4.74 Å². The number of amides is 3. The first-order chi connectivity index (χ1) is 14.3. The Hall–Kier alpha value is -2.08. The lowest BCUT2D eigenvalue weighted by atomic mass is 9.84. The first-order valence-corrected chi connectivity index (χ1v) is 11.3. The molecule has 0 radical (unpaired) electrons. The smallest absolute Gasteiger partial charge is 0.327 e. The maximum atomic E-state index is 13.7. The molecule has 166 valence electrons. The zero-order valence-corrected chi connectivity index (χ0v) is 19.2. The zero-order valence-electron chi connectivity index (χ0n) is 19.2. The second-order valence-corrected chi connectivity index (χ2v) is 9.18. The molecule has 0 aromatic heterocycles. The van der Waals surface area contributed by atoms with E-state index in [0.717, 1.165) is 37.2 Å². The number of carbonyl (C=O) groups is 2. The third kappa shape index (κ3) is 4.34. The van der Waals surface area contributed by atoms with Crippen molar-refractivity contribution in [3.05, 3.63) is 29.8 Å². The Labute approximate surface area is 181 Å². The summed E-state index contributed by atoms with van der Waals surface area (Å²) >= 11 is 0. The number of imide groups is 1. The summed E-state index contributed by atoms with van der Waals surface area (Å²) in [6.07, 6.45) is 3.44. The summed E-state index contributed by atoms with van der Waals surface area (Å²) in [5, 5.41) is 0. The van der Waals surface area contributed by atoms with Crippen LogP contribution in [0.3, 0.4) is 0 Å². The average Bonchev–Trinajstić information content (AvgIpc) is 2.93. The van der Waals surface area contributed by atoms with Crippen LogP contribution >= 0.6 is 0 Å². The van der Waals surface area contributed by atoms with Crippen molar-refractivity contribution in [2.45, 2.75) is 71.5 Å². The third-order valence-corrected chi connectivity index (χ3v) is 6.87. The number of piperidine rings is 1. The molecule has 1 atom stereocenters. The number of ether oxygens (including phenoxy) is 1. The Morgan fingerprint density at radius 3 is 2.43 bits per heavy atom. The summed E-state index contributed by atoms with van der Waals surface area (Å²) in [5.41, 5.74) is 0.225. The molecule has 0 N–H and O–H groups in total. The largest absolute Gasteiger partial charge is 0.497 e. The monoisotopic (exact) mass is 415 g/mol. The Morgan fingerprint density at radius 1 is 1.13 bits per heavy atom. The van der Waals surface area contributed by atoms with Crippen LogP contribution in [0.4, 0.5) is 4.79 Å². The molecule has 3 amide bonds. The van der Waals surface area contributed by atoms with Gasteiger partial charge >= 0.3 is 6.03 Å². The SMILES string of the molecule is CCC(C)N1CCC2(CC1)C(=O)N(Cc1cccc(OC)c1)C(=O)N2CCC(C)C. The van der Waals surface area contributed by atoms with E-state index in [1.807, 2.05) is 29.2 Å². The predicted octanol–water partition coefficient (Wildman–Crippen LogP) is 4.14. The quantitative estimate of drug-likeness (QED) is 0.599. The molecule has 0 saturated carbocycles.